The van der Waals surface area contributed by atoms with E-state index >= 15 is 0 Å². The van der Waals surface area contributed by atoms with Crippen LogP contribution in [0.5, 0.6) is 5.75 Å². The third-order valence-electron chi connectivity index (χ3n) is 3.31. The lowest BCUT2D eigenvalue weighted by Crippen LogP contribution is -2.26. The van der Waals surface area contributed by atoms with Crippen LogP contribution in [-0.2, 0) is 11.2 Å². The van der Waals surface area contributed by atoms with Crippen molar-refractivity contribution in [2.45, 2.75) is 18.7 Å². The van der Waals surface area contributed by atoms with Crippen LogP contribution >= 0.6 is 0 Å². The molecule has 0 bridgehead atoms. The van der Waals surface area contributed by atoms with Crippen molar-refractivity contribution in [3.8, 4) is 5.75 Å². The Bertz CT molecular complexity index is 757. The molecule has 0 fully saturated rings. The van der Waals surface area contributed by atoms with Crippen molar-refractivity contribution in [3.05, 3.63) is 65.7 Å². The van der Waals surface area contributed by atoms with Gasteiger partial charge in [-0.2, -0.15) is 4.99 Å². The number of hydrogen-bond donors (Lipinski definition) is 2. The molecule has 0 aromatic heterocycles. The van der Waals surface area contributed by atoms with E-state index in [1.165, 1.54) is 18.2 Å². The third kappa shape index (κ3) is 5.83. The Labute approximate surface area is 142 Å². The summed E-state index contributed by atoms with van der Waals surface area (Å²) in [6.45, 7) is 0. The van der Waals surface area contributed by atoms with E-state index in [4.69, 9.17) is 11.5 Å². The van der Waals surface area contributed by atoms with Crippen molar-refractivity contribution in [2.24, 2.45) is 16.5 Å². The van der Waals surface area contributed by atoms with Gasteiger partial charge >= 0.3 is 6.36 Å². The summed E-state index contributed by atoms with van der Waals surface area (Å²) >= 11 is 0. The topological polar surface area (TPSA) is 90.7 Å². The maximum absolute atomic E-state index is 12.4. The number of nitrogens with two attached hydrogens (primary N) is 2. The van der Waals surface area contributed by atoms with E-state index < -0.39 is 18.2 Å². The zero-order chi connectivity index (χ0) is 18.4. The molecule has 1 amide bonds. The molecular weight excluding hydrogens is 335 g/mol. The van der Waals surface area contributed by atoms with Gasteiger partial charge in [0.2, 0.25) is 0 Å². The summed E-state index contributed by atoms with van der Waals surface area (Å²) < 4.78 is 41.0. The van der Waals surface area contributed by atoms with Gasteiger partial charge in [-0.3, -0.25) is 4.79 Å². The number of benzene rings is 2. The van der Waals surface area contributed by atoms with Crippen LogP contribution in [0.25, 0.3) is 0 Å². The molecule has 1 atom stereocenters. The van der Waals surface area contributed by atoms with Crippen LogP contribution in [0.1, 0.15) is 17.0 Å². The first-order valence-corrected chi connectivity index (χ1v) is 7.28. The van der Waals surface area contributed by atoms with Crippen molar-refractivity contribution < 1.29 is 22.7 Å². The van der Waals surface area contributed by atoms with Gasteiger partial charge in [0.25, 0.3) is 5.91 Å². The molecule has 0 aliphatic carbocycles. The number of halogens is 3. The third-order valence-corrected chi connectivity index (χ3v) is 3.31. The molecule has 0 spiro atoms. The lowest BCUT2D eigenvalue weighted by atomic mass is 9.91. The average molecular weight is 351 g/mol. The zero-order valence-corrected chi connectivity index (χ0v) is 13.0. The van der Waals surface area contributed by atoms with Crippen LogP contribution in [0.2, 0.25) is 0 Å². The first kappa shape index (κ1) is 18.3. The normalized spacial score (nSPS) is 12.3. The number of ether oxygens (including phenoxy) is 1. The van der Waals surface area contributed by atoms with Gasteiger partial charge in [-0.25, -0.2) is 0 Å². The van der Waals surface area contributed by atoms with Crippen molar-refractivity contribution in [3.63, 3.8) is 0 Å². The number of carbonyl (C=O) groups excluding carboxylic acids is 1. The number of nitrogens with zero attached hydrogens (tertiary/aromatic N) is 1. The Morgan fingerprint density at radius 1 is 1.08 bits per heavy atom. The molecule has 4 N–H and O–H groups in total. The number of amides is 1. The second kappa shape index (κ2) is 7.69. The Morgan fingerprint density at radius 3 is 2.36 bits per heavy atom. The van der Waals surface area contributed by atoms with Crippen LogP contribution in [0.4, 0.5) is 13.2 Å². The molecule has 0 saturated carbocycles. The van der Waals surface area contributed by atoms with Gasteiger partial charge in [-0.05, 0) is 29.7 Å². The Hall–Kier alpha value is -3.03. The minimum Gasteiger partial charge on any atom is -0.406 e. The number of rotatable bonds is 5. The molecule has 5 nitrogen and oxygen atoms in total. The standard InChI is InChI=1S/C17H16F3N3O2/c18-17(19,20)25-13-8-4-5-11(9-13)10-14(15(24)23-16(21)22)12-6-2-1-3-7-12/h1-9,14H,10H2,(H4,21,22,23,24)/t14-/m0/s1. The molecule has 2 rings (SSSR count). The first-order valence-electron chi connectivity index (χ1n) is 7.28. The van der Waals surface area contributed by atoms with E-state index in [2.05, 4.69) is 9.73 Å². The molecule has 0 heterocycles. The highest BCUT2D eigenvalue weighted by molar-refractivity contribution is 5.95. The van der Waals surface area contributed by atoms with Crippen LogP contribution in [0.3, 0.4) is 0 Å². The number of alkyl halides is 3. The lowest BCUT2D eigenvalue weighted by Gasteiger charge is -2.15. The summed E-state index contributed by atoms with van der Waals surface area (Å²) in [5, 5.41) is 0. The predicted octanol–water partition coefficient (Wildman–Crippen LogP) is 2.71. The van der Waals surface area contributed by atoms with E-state index in [9.17, 15) is 18.0 Å². The summed E-state index contributed by atoms with van der Waals surface area (Å²) in [4.78, 5) is 15.9. The summed E-state index contributed by atoms with van der Waals surface area (Å²) in [7, 11) is 0. The monoisotopic (exact) mass is 351 g/mol. The van der Waals surface area contributed by atoms with Crippen LogP contribution in [0.15, 0.2) is 59.6 Å². The van der Waals surface area contributed by atoms with Crippen LogP contribution in [-0.4, -0.2) is 18.2 Å². The second-order valence-electron chi connectivity index (χ2n) is 5.24. The molecule has 25 heavy (non-hydrogen) atoms. The number of aliphatic imine (C=N–C) groups is 1. The average Bonchev–Trinajstić information content (AvgIpc) is 2.51. The fraction of sp³-hybridized carbons (Fsp3) is 0.176. The van der Waals surface area contributed by atoms with Crippen molar-refractivity contribution in [1.82, 2.24) is 0 Å². The maximum Gasteiger partial charge on any atom is 0.573 e. The zero-order valence-electron chi connectivity index (χ0n) is 13.0. The van der Waals surface area contributed by atoms with Gasteiger partial charge in [0, 0.05) is 0 Å². The van der Waals surface area contributed by atoms with Crippen molar-refractivity contribution >= 4 is 11.9 Å². The Kier molecular flexibility index (Phi) is 5.63. The fourth-order valence-corrected chi connectivity index (χ4v) is 2.34. The van der Waals surface area contributed by atoms with Gasteiger partial charge in [0.15, 0.2) is 5.96 Å². The molecule has 2 aromatic carbocycles. The highest BCUT2D eigenvalue weighted by atomic mass is 19.4. The summed E-state index contributed by atoms with van der Waals surface area (Å²) in [6, 6.07) is 14.2. The highest BCUT2D eigenvalue weighted by Crippen LogP contribution is 2.27. The SMILES string of the molecule is NC(N)=NC(=O)[C@@H](Cc1cccc(OC(F)(F)F)c1)c1ccccc1. The van der Waals surface area contributed by atoms with Gasteiger partial charge in [0.1, 0.15) is 5.75 Å². The molecular formula is C17H16F3N3O2. The Morgan fingerprint density at radius 2 is 1.76 bits per heavy atom. The number of carbonyl (C=O) groups is 1. The first-order chi connectivity index (χ1) is 11.7. The molecule has 0 aliphatic rings. The number of hydrogen-bond acceptors (Lipinski definition) is 2. The van der Waals surface area contributed by atoms with E-state index in [1.807, 2.05) is 0 Å². The van der Waals surface area contributed by atoms with Gasteiger partial charge < -0.3 is 16.2 Å². The van der Waals surface area contributed by atoms with Gasteiger partial charge in [-0.1, -0.05) is 42.5 Å². The molecule has 8 heteroatoms. The van der Waals surface area contributed by atoms with Gasteiger partial charge in [-0.15, -0.1) is 13.2 Å². The Balaban J connectivity index is 2.29. The smallest absolute Gasteiger partial charge is 0.406 e. The predicted molar refractivity (Wildman–Crippen MR) is 86.8 cm³/mol. The molecule has 0 unspecified atom stereocenters. The molecule has 2 aromatic rings. The van der Waals surface area contributed by atoms with Crippen molar-refractivity contribution in [2.75, 3.05) is 0 Å². The second-order valence-corrected chi connectivity index (χ2v) is 5.24. The highest BCUT2D eigenvalue weighted by Gasteiger charge is 2.31. The van der Waals surface area contributed by atoms with E-state index in [1.54, 1.807) is 36.4 Å². The maximum atomic E-state index is 12.4. The van der Waals surface area contributed by atoms with E-state index in [0.29, 0.717) is 11.1 Å². The van der Waals surface area contributed by atoms with E-state index in [-0.39, 0.29) is 18.1 Å². The minimum absolute atomic E-state index is 0.120. The largest absolute Gasteiger partial charge is 0.573 e. The summed E-state index contributed by atoms with van der Waals surface area (Å²) in [6.07, 6.45) is -4.67. The quantitative estimate of drug-likeness (QED) is 0.640. The van der Waals surface area contributed by atoms with Crippen molar-refractivity contribution in [1.29, 1.82) is 0 Å². The molecule has 0 saturated heterocycles. The fourth-order valence-electron chi connectivity index (χ4n) is 2.34. The molecule has 0 aliphatic heterocycles. The summed E-state index contributed by atoms with van der Waals surface area (Å²) in [5.74, 6) is -2.04. The van der Waals surface area contributed by atoms with E-state index in [0.717, 1.165) is 0 Å². The molecule has 132 valence electrons. The lowest BCUT2D eigenvalue weighted by molar-refractivity contribution is -0.274. The van der Waals surface area contributed by atoms with Crippen LogP contribution in [0, 0.1) is 0 Å². The summed E-state index contributed by atoms with van der Waals surface area (Å²) in [5.41, 5.74) is 11.6. The van der Waals surface area contributed by atoms with Gasteiger partial charge in [0.05, 0.1) is 5.92 Å². The number of guanidine groups is 1. The molecule has 0 radical (unpaired) electrons. The minimum atomic E-state index is -4.79. The van der Waals surface area contributed by atoms with Crippen LogP contribution < -0.4 is 16.2 Å².